The molecule has 1 aromatic heterocycles. The van der Waals surface area contributed by atoms with E-state index >= 15 is 0 Å². The fraction of sp³-hybridized carbons (Fsp3) is 0.380. The summed E-state index contributed by atoms with van der Waals surface area (Å²) in [4.78, 5) is 42.3. The summed E-state index contributed by atoms with van der Waals surface area (Å²) in [5.41, 5.74) is 6.48. The number of aliphatic hydroxyl groups is 1. The highest BCUT2D eigenvalue weighted by atomic mass is 16.6. The van der Waals surface area contributed by atoms with Crippen LogP contribution in [-0.2, 0) is 62.5 Å². The van der Waals surface area contributed by atoms with Crippen molar-refractivity contribution in [2.24, 2.45) is 5.92 Å². The minimum Gasteiger partial charge on any atom is -0.483 e. The second-order valence-corrected chi connectivity index (χ2v) is 16.6. The number of hydrogen-bond donors (Lipinski definition) is 1. The van der Waals surface area contributed by atoms with Gasteiger partial charge in [0.1, 0.15) is 16.9 Å². The number of ether oxygens (including phenoxy) is 4. The Bertz CT molecular complexity index is 2390. The van der Waals surface area contributed by atoms with Crippen molar-refractivity contribution in [3.8, 4) is 5.75 Å². The average molecular weight is 799 g/mol. The number of carbonyl (C=O) groups is 2. The molecule has 3 atom stereocenters. The number of aliphatic hydroxyl groups excluding tert-OH is 1. The maximum absolute atomic E-state index is 14.5. The van der Waals surface area contributed by atoms with E-state index in [0.717, 1.165) is 36.0 Å². The van der Waals surface area contributed by atoms with E-state index in [4.69, 9.17) is 23.4 Å². The molecule has 0 spiro atoms. The first-order valence-corrected chi connectivity index (χ1v) is 20.6. The molecule has 0 aliphatic carbocycles. The Hall–Kier alpha value is -5.51. The van der Waals surface area contributed by atoms with Crippen LogP contribution in [0.1, 0.15) is 97.6 Å². The molecule has 0 saturated heterocycles. The first-order chi connectivity index (χ1) is 28.4. The van der Waals surface area contributed by atoms with Crippen LogP contribution >= 0.6 is 0 Å². The molecule has 308 valence electrons. The van der Waals surface area contributed by atoms with Crippen LogP contribution in [0.15, 0.2) is 111 Å². The zero-order valence-corrected chi connectivity index (χ0v) is 34.7. The number of hydrogen-bond acceptors (Lipinski definition) is 9. The highest BCUT2D eigenvalue weighted by Gasteiger charge is 2.50. The molecule has 3 aliphatic rings. The van der Waals surface area contributed by atoms with Crippen molar-refractivity contribution in [2.75, 3.05) is 13.7 Å². The van der Waals surface area contributed by atoms with Crippen molar-refractivity contribution in [2.45, 2.75) is 103 Å². The summed E-state index contributed by atoms with van der Waals surface area (Å²) in [6.45, 7) is 7.16. The Morgan fingerprint density at radius 3 is 2.25 bits per heavy atom. The van der Waals surface area contributed by atoms with Crippen LogP contribution in [0.4, 0.5) is 0 Å². The lowest BCUT2D eigenvalue weighted by Crippen LogP contribution is -2.52. The maximum Gasteiger partial charge on any atom is 0.339 e. The van der Waals surface area contributed by atoms with E-state index in [1.807, 2.05) is 19.9 Å². The summed E-state index contributed by atoms with van der Waals surface area (Å²) >= 11 is 0. The van der Waals surface area contributed by atoms with Gasteiger partial charge >= 0.3 is 17.6 Å². The third-order valence-corrected chi connectivity index (χ3v) is 11.7. The number of rotatable bonds is 9. The largest absolute Gasteiger partial charge is 0.483 e. The lowest BCUT2D eigenvalue weighted by Gasteiger charge is -2.43. The third kappa shape index (κ3) is 9.53. The van der Waals surface area contributed by atoms with Crippen LogP contribution < -0.4 is 10.4 Å². The van der Waals surface area contributed by atoms with Crippen LogP contribution in [0.3, 0.4) is 0 Å². The molecular formula is C50H54O9. The summed E-state index contributed by atoms with van der Waals surface area (Å²) in [7, 11) is 1.54. The van der Waals surface area contributed by atoms with E-state index in [0.29, 0.717) is 47.1 Å². The maximum atomic E-state index is 14.5. The number of esters is 2. The predicted octanol–water partition coefficient (Wildman–Crippen LogP) is 8.90. The Labute approximate surface area is 346 Å². The first kappa shape index (κ1) is 41.6. The fourth-order valence-corrected chi connectivity index (χ4v) is 8.53. The smallest absolute Gasteiger partial charge is 0.339 e. The number of aryl methyl sites for hydroxylation is 2. The molecule has 3 aliphatic heterocycles. The molecule has 59 heavy (non-hydrogen) atoms. The van der Waals surface area contributed by atoms with Gasteiger partial charge in [-0.15, -0.1) is 0 Å². The van der Waals surface area contributed by atoms with E-state index < -0.39 is 42.0 Å². The van der Waals surface area contributed by atoms with E-state index in [1.165, 1.54) is 23.8 Å². The predicted molar refractivity (Wildman–Crippen MR) is 226 cm³/mol. The molecule has 0 saturated carbocycles. The molecule has 0 unspecified atom stereocenters. The van der Waals surface area contributed by atoms with Gasteiger partial charge in [0.05, 0.1) is 18.8 Å². The SMILES string of the molecule is COCCc1c(CO)c2ccc3c(c2oc1=O)[C@H]1OC(=O)C[C@H](CCc2cccc(Cc4ccccc4)c2)Cc2ccc(cc2)CCC(=C(C)C)C(=O)O[C@@H]1C(C)(C)O3. The second-order valence-electron chi connectivity index (χ2n) is 16.6. The summed E-state index contributed by atoms with van der Waals surface area (Å²) in [6.07, 6.45) is 2.08. The molecule has 8 rings (SSSR count). The van der Waals surface area contributed by atoms with Gasteiger partial charge in [-0.2, -0.15) is 0 Å². The molecule has 0 radical (unpaired) electrons. The van der Waals surface area contributed by atoms with Gasteiger partial charge in [-0.1, -0.05) is 84.4 Å². The second kappa shape index (κ2) is 18.2. The highest BCUT2D eigenvalue weighted by Crippen LogP contribution is 2.47. The van der Waals surface area contributed by atoms with E-state index in [2.05, 4.69) is 72.8 Å². The summed E-state index contributed by atoms with van der Waals surface area (Å²) in [5, 5.41) is 11.0. The molecule has 2 bridgehead atoms. The van der Waals surface area contributed by atoms with Crippen molar-refractivity contribution in [1.82, 2.24) is 0 Å². The van der Waals surface area contributed by atoms with Crippen molar-refractivity contribution < 1.29 is 38.1 Å². The van der Waals surface area contributed by atoms with Crippen LogP contribution in [-0.4, -0.2) is 42.5 Å². The molecular weight excluding hydrogens is 745 g/mol. The van der Waals surface area contributed by atoms with E-state index in [1.54, 1.807) is 26.0 Å². The van der Waals surface area contributed by atoms with Crippen LogP contribution in [0.2, 0.25) is 0 Å². The van der Waals surface area contributed by atoms with Crippen LogP contribution in [0, 0.1) is 5.92 Å². The number of methoxy groups -OCH3 is 1. The Morgan fingerprint density at radius 2 is 1.53 bits per heavy atom. The van der Waals surface area contributed by atoms with Crippen LogP contribution in [0.25, 0.3) is 11.0 Å². The molecule has 4 aromatic carbocycles. The van der Waals surface area contributed by atoms with E-state index in [-0.39, 0.29) is 36.5 Å². The minimum atomic E-state index is -1.20. The first-order valence-electron chi connectivity index (χ1n) is 20.6. The molecule has 0 fully saturated rings. The van der Waals surface area contributed by atoms with Gasteiger partial charge in [0.2, 0.25) is 0 Å². The van der Waals surface area contributed by atoms with Crippen molar-refractivity contribution in [1.29, 1.82) is 0 Å². The van der Waals surface area contributed by atoms with Gasteiger partial charge in [-0.05, 0) is 118 Å². The summed E-state index contributed by atoms with van der Waals surface area (Å²) < 4.78 is 30.7. The van der Waals surface area contributed by atoms with Crippen LogP contribution in [0.5, 0.6) is 5.75 Å². The van der Waals surface area contributed by atoms with Gasteiger partial charge < -0.3 is 28.5 Å². The molecule has 9 heteroatoms. The standard InChI is InChI=1S/C50H54O9/c1-31(2)38-21-20-32-14-16-35(17-15-32)28-37(19-18-34-12-9-13-36(27-34)26-33-10-7-6-8-11-33)29-43(52)56-46-44-42(59-50(3,4)47(46)58-48(38)53)23-22-39-41(30-51)40(24-25-55-5)49(54)57-45(39)44/h6-17,22-23,27,37,46-47,51H,18-21,24-26,28-30H2,1-5H3/t37-,46-,47+/m1/s1. The summed E-state index contributed by atoms with van der Waals surface area (Å²) in [6, 6.07) is 30.9. The number of fused-ring (bicyclic) bond motifs is 13. The minimum absolute atomic E-state index is 0.0839. The average Bonchev–Trinajstić information content (AvgIpc) is 3.20. The van der Waals surface area contributed by atoms with Crippen molar-refractivity contribution in [3.05, 3.63) is 157 Å². The summed E-state index contributed by atoms with van der Waals surface area (Å²) in [5.74, 6) is -0.772. The molecule has 1 N–H and O–H groups in total. The topological polar surface area (TPSA) is 122 Å². The van der Waals surface area contributed by atoms with Gasteiger partial charge in [-0.3, -0.25) is 4.79 Å². The van der Waals surface area contributed by atoms with Crippen molar-refractivity contribution in [3.63, 3.8) is 0 Å². The Morgan fingerprint density at radius 1 is 0.797 bits per heavy atom. The monoisotopic (exact) mass is 798 g/mol. The third-order valence-electron chi connectivity index (χ3n) is 11.7. The molecule has 0 amide bonds. The van der Waals surface area contributed by atoms with Gasteiger partial charge in [0.25, 0.3) is 0 Å². The lowest BCUT2D eigenvalue weighted by atomic mass is 9.86. The molecule has 9 nitrogen and oxygen atoms in total. The van der Waals surface area contributed by atoms with Gasteiger partial charge in [0.15, 0.2) is 12.2 Å². The number of allylic oxidation sites excluding steroid dienone is 1. The number of benzene rings is 4. The zero-order chi connectivity index (χ0) is 41.7. The molecule has 4 heterocycles. The Kier molecular flexibility index (Phi) is 12.8. The van der Waals surface area contributed by atoms with E-state index in [9.17, 15) is 19.5 Å². The Balaban J connectivity index is 1.28. The highest BCUT2D eigenvalue weighted by molar-refractivity contribution is 5.90. The van der Waals surface area contributed by atoms with Gasteiger partial charge in [-0.25, -0.2) is 9.59 Å². The number of carbonyl (C=O) groups excluding carboxylic acids is 2. The lowest BCUT2D eigenvalue weighted by molar-refractivity contribution is -0.188. The van der Waals surface area contributed by atoms with Crippen molar-refractivity contribution >= 4 is 22.9 Å². The van der Waals surface area contributed by atoms with Gasteiger partial charge in [0, 0.05) is 36.5 Å². The fourth-order valence-electron chi connectivity index (χ4n) is 8.53. The normalized spacial score (nSPS) is 19.4. The zero-order valence-electron chi connectivity index (χ0n) is 34.7. The molecule has 5 aromatic rings. The quantitative estimate of drug-likeness (QED) is 0.0886.